The number of hydrogen-bond donors (Lipinski definition) is 3. The van der Waals surface area contributed by atoms with Crippen LogP contribution < -0.4 is 25.4 Å². The number of benzene rings is 2. The van der Waals surface area contributed by atoms with Gasteiger partial charge in [0.1, 0.15) is 0 Å². The number of methoxy groups -OCH3 is 1. The predicted molar refractivity (Wildman–Crippen MR) is 106 cm³/mol. The van der Waals surface area contributed by atoms with Crippen LogP contribution in [0.2, 0.25) is 0 Å². The lowest BCUT2D eigenvalue weighted by Crippen LogP contribution is -2.38. The molecule has 3 N–H and O–H groups in total. The van der Waals surface area contributed by atoms with Crippen molar-refractivity contribution in [2.24, 2.45) is 0 Å². The number of rotatable bonds is 7. The Bertz CT molecular complexity index is 853. The molecule has 0 aromatic heterocycles. The molecule has 2 aromatic rings. The Morgan fingerprint density at radius 1 is 1.18 bits per heavy atom. The maximum absolute atomic E-state index is 12.6. The van der Waals surface area contributed by atoms with Gasteiger partial charge in [-0.25, -0.2) is 0 Å². The van der Waals surface area contributed by atoms with Gasteiger partial charge in [0, 0.05) is 25.2 Å². The summed E-state index contributed by atoms with van der Waals surface area (Å²) in [7, 11) is 3.03. The average Bonchev–Trinajstić information content (AvgIpc) is 2.75. The lowest BCUT2D eigenvalue weighted by molar-refractivity contribution is -0.122. The second-order valence-electron chi connectivity index (χ2n) is 6.49. The average molecular weight is 383 g/mol. The molecule has 1 heterocycles. The van der Waals surface area contributed by atoms with E-state index in [1.54, 1.807) is 18.2 Å². The van der Waals surface area contributed by atoms with Crippen LogP contribution in [0.4, 0.5) is 0 Å². The van der Waals surface area contributed by atoms with Crippen LogP contribution >= 0.6 is 0 Å². The normalized spacial score (nSPS) is 15.3. The number of likely N-dealkylation sites (N-methyl/N-ethyl adjacent to an activating group) is 1. The lowest BCUT2D eigenvalue weighted by Gasteiger charge is -2.27. The Kier molecular flexibility index (Phi) is 6.49. The third-order valence-electron chi connectivity index (χ3n) is 4.75. The van der Waals surface area contributed by atoms with E-state index in [0.717, 1.165) is 13.0 Å². The second-order valence-corrected chi connectivity index (χ2v) is 6.49. The molecule has 3 rings (SSSR count). The van der Waals surface area contributed by atoms with Crippen LogP contribution in [0.3, 0.4) is 0 Å². The lowest BCUT2D eigenvalue weighted by atomic mass is 9.94. The molecule has 1 atom stereocenters. The van der Waals surface area contributed by atoms with Crippen LogP contribution in [0.25, 0.3) is 0 Å². The first-order valence-electron chi connectivity index (χ1n) is 9.23. The summed E-state index contributed by atoms with van der Waals surface area (Å²) in [4.78, 5) is 23.9. The third kappa shape index (κ3) is 4.61. The van der Waals surface area contributed by atoms with Crippen LogP contribution in [0.1, 0.15) is 27.5 Å². The second kappa shape index (κ2) is 9.23. The highest BCUT2D eigenvalue weighted by Crippen LogP contribution is 2.28. The smallest absolute Gasteiger partial charge is 0.257 e. The summed E-state index contributed by atoms with van der Waals surface area (Å²) in [5, 5.41) is 8.91. The highest BCUT2D eigenvalue weighted by atomic mass is 16.5. The molecule has 28 heavy (non-hydrogen) atoms. The number of carbonyl (C=O) groups excluding carboxylic acids is 2. The molecule has 0 bridgehead atoms. The van der Waals surface area contributed by atoms with Gasteiger partial charge >= 0.3 is 0 Å². The summed E-state index contributed by atoms with van der Waals surface area (Å²) >= 11 is 0. The van der Waals surface area contributed by atoms with E-state index < -0.39 is 0 Å². The van der Waals surface area contributed by atoms with Crippen molar-refractivity contribution in [2.45, 2.75) is 12.5 Å². The summed E-state index contributed by atoms with van der Waals surface area (Å²) < 4.78 is 10.7. The molecule has 2 amide bonds. The molecule has 0 fully saturated rings. The zero-order chi connectivity index (χ0) is 19.9. The van der Waals surface area contributed by atoms with E-state index in [2.05, 4.69) is 28.1 Å². The van der Waals surface area contributed by atoms with Crippen molar-refractivity contribution in [3.63, 3.8) is 0 Å². The maximum atomic E-state index is 12.6. The van der Waals surface area contributed by atoms with Gasteiger partial charge in [0.25, 0.3) is 11.8 Å². The topological polar surface area (TPSA) is 88.7 Å². The summed E-state index contributed by atoms with van der Waals surface area (Å²) in [6, 6.07) is 13.3. The van der Waals surface area contributed by atoms with Crippen LogP contribution in [0, 0.1) is 0 Å². The fourth-order valence-electron chi connectivity index (χ4n) is 3.22. The molecule has 1 unspecified atom stereocenters. The molecule has 0 aliphatic carbocycles. The Morgan fingerprint density at radius 2 is 2.00 bits per heavy atom. The molecular formula is C21H25N3O4. The van der Waals surface area contributed by atoms with Crippen molar-refractivity contribution >= 4 is 11.8 Å². The van der Waals surface area contributed by atoms with Crippen molar-refractivity contribution in [1.82, 2.24) is 16.0 Å². The number of amides is 2. The van der Waals surface area contributed by atoms with E-state index in [4.69, 9.17) is 9.47 Å². The molecule has 1 aliphatic heterocycles. The summed E-state index contributed by atoms with van der Waals surface area (Å²) in [5.74, 6) is 0.369. The molecule has 0 spiro atoms. The zero-order valence-corrected chi connectivity index (χ0v) is 16.1. The van der Waals surface area contributed by atoms with Gasteiger partial charge in [-0.05, 0) is 42.3 Å². The molecule has 148 valence electrons. The Hall–Kier alpha value is -3.06. The first-order chi connectivity index (χ1) is 13.6. The number of fused-ring (bicyclic) bond motifs is 1. The summed E-state index contributed by atoms with van der Waals surface area (Å²) in [6.07, 6.45) is 0.995. The molecule has 0 saturated heterocycles. The molecule has 2 aromatic carbocycles. The largest absolute Gasteiger partial charge is 0.493 e. The summed E-state index contributed by atoms with van der Waals surface area (Å²) in [6.45, 7) is 1.26. The van der Waals surface area contributed by atoms with E-state index in [9.17, 15) is 9.59 Å². The first kappa shape index (κ1) is 19.7. The van der Waals surface area contributed by atoms with Gasteiger partial charge in [-0.15, -0.1) is 0 Å². The van der Waals surface area contributed by atoms with Crippen LogP contribution in [0.15, 0.2) is 42.5 Å². The fraction of sp³-hybridized carbons (Fsp3) is 0.333. The van der Waals surface area contributed by atoms with Crippen molar-refractivity contribution in [3.05, 3.63) is 59.2 Å². The molecule has 7 nitrogen and oxygen atoms in total. The van der Waals surface area contributed by atoms with E-state index in [1.165, 1.54) is 25.3 Å². The molecule has 1 aliphatic rings. The minimum Gasteiger partial charge on any atom is -0.493 e. The maximum Gasteiger partial charge on any atom is 0.257 e. The van der Waals surface area contributed by atoms with Gasteiger partial charge in [-0.2, -0.15) is 0 Å². The third-order valence-corrected chi connectivity index (χ3v) is 4.75. The minimum atomic E-state index is -0.246. The fourth-order valence-corrected chi connectivity index (χ4v) is 3.22. The van der Waals surface area contributed by atoms with E-state index in [-0.39, 0.29) is 24.5 Å². The van der Waals surface area contributed by atoms with Crippen molar-refractivity contribution in [2.75, 3.05) is 33.9 Å². The highest BCUT2D eigenvalue weighted by molar-refractivity contribution is 5.95. The highest BCUT2D eigenvalue weighted by Gasteiger charge is 2.20. The number of nitrogens with one attached hydrogen (secondary N) is 3. The Morgan fingerprint density at radius 3 is 2.79 bits per heavy atom. The quantitative estimate of drug-likeness (QED) is 0.673. The van der Waals surface area contributed by atoms with Crippen molar-refractivity contribution < 1.29 is 19.1 Å². The van der Waals surface area contributed by atoms with Crippen LogP contribution in [-0.4, -0.2) is 45.7 Å². The SMILES string of the molecule is CNC(=O)COc1ccc(C(=O)NCC2NCCc3ccccc32)cc1OC. The van der Waals surface area contributed by atoms with Gasteiger partial charge < -0.3 is 25.4 Å². The monoisotopic (exact) mass is 383 g/mol. The molecule has 0 radical (unpaired) electrons. The molecule has 0 saturated carbocycles. The number of ether oxygens (including phenoxy) is 2. The first-order valence-corrected chi connectivity index (χ1v) is 9.23. The van der Waals surface area contributed by atoms with E-state index in [0.29, 0.717) is 23.6 Å². The van der Waals surface area contributed by atoms with E-state index >= 15 is 0 Å². The Balaban J connectivity index is 1.64. The van der Waals surface area contributed by atoms with Crippen LogP contribution in [-0.2, 0) is 11.2 Å². The van der Waals surface area contributed by atoms with Gasteiger partial charge in [-0.1, -0.05) is 24.3 Å². The number of carbonyl (C=O) groups is 2. The van der Waals surface area contributed by atoms with Gasteiger partial charge in [0.2, 0.25) is 0 Å². The minimum absolute atomic E-state index is 0.0889. The van der Waals surface area contributed by atoms with E-state index in [1.807, 2.05) is 12.1 Å². The van der Waals surface area contributed by atoms with Gasteiger partial charge in [0.15, 0.2) is 18.1 Å². The molecular weight excluding hydrogens is 358 g/mol. The standard InChI is InChI=1S/C21H25N3O4/c1-22-20(25)13-28-18-8-7-15(11-19(18)27-2)21(26)24-12-17-16-6-4-3-5-14(16)9-10-23-17/h3-8,11,17,23H,9-10,12-13H2,1-2H3,(H,22,25)(H,24,26). The van der Waals surface area contributed by atoms with Gasteiger partial charge in [-0.3, -0.25) is 9.59 Å². The van der Waals surface area contributed by atoms with Crippen LogP contribution in [0.5, 0.6) is 11.5 Å². The van der Waals surface area contributed by atoms with Gasteiger partial charge in [0.05, 0.1) is 7.11 Å². The summed E-state index contributed by atoms with van der Waals surface area (Å²) in [5.41, 5.74) is 3.01. The van der Waals surface area contributed by atoms with Crippen molar-refractivity contribution in [1.29, 1.82) is 0 Å². The van der Waals surface area contributed by atoms with Crippen molar-refractivity contribution in [3.8, 4) is 11.5 Å². The zero-order valence-electron chi connectivity index (χ0n) is 16.1. The Labute approximate surface area is 164 Å². The predicted octanol–water partition coefficient (Wildman–Crippen LogP) is 1.44. The number of hydrogen-bond acceptors (Lipinski definition) is 5. The molecule has 7 heteroatoms.